The molecule has 5 nitrogen and oxygen atoms in total. The summed E-state index contributed by atoms with van der Waals surface area (Å²) < 4.78 is 10.9. The number of benzene rings is 4. The highest BCUT2D eigenvalue weighted by Gasteiger charge is 2.20. The van der Waals surface area contributed by atoms with Crippen molar-refractivity contribution in [2.75, 3.05) is 0 Å². The number of nitrogens with zero attached hydrogens (tertiary/aromatic N) is 4. The number of pyridine rings is 2. The molecule has 0 radical (unpaired) electrons. The van der Waals surface area contributed by atoms with Crippen LogP contribution in [0.2, 0.25) is 0 Å². The van der Waals surface area contributed by atoms with E-state index in [2.05, 4.69) is 106 Å². The molecular weight excluding hydrogens is 480 g/mol. The van der Waals surface area contributed by atoms with E-state index in [-0.39, 0.29) is 0 Å². The number of hydrogen-bond acceptors (Lipinski definition) is 3. The number of furan rings is 1. The van der Waals surface area contributed by atoms with E-state index < -0.39 is 0 Å². The number of hydrogen-bond donors (Lipinski definition) is 0. The summed E-state index contributed by atoms with van der Waals surface area (Å²) in [5.41, 5.74) is 6.75. The fraction of sp³-hybridized carbons (Fsp3) is 0. The summed E-state index contributed by atoms with van der Waals surface area (Å²) in [5, 5.41) is 5.75. The van der Waals surface area contributed by atoms with Gasteiger partial charge in [-0.15, -0.1) is 0 Å². The summed E-state index contributed by atoms with van der Waals surface area (Å²) in [5.74, 6) is 1.62. The van der Waals surface area contributed by atoms with Gasteiger partial charge >= 0.3 is 0 Å². The van der Waals surface area contributed by atoms with Crippen molar-refractivity contribution in [2.24, 2.45) is 0 Å². The summed E-state index contributed by atoms with van der Waals surface area (Å²) in [6.45, 7) is 0. The molecule has 4 aromatic carbocycles. The van der Waals surface area contributed by atoms with Gasteiger partial charge in [0, 0.05) is 27.7 Å². The molecule has 0 fully saturated rings. The molecule has 0 saturated carbocycles. The van der Waals surface area contributed by atoms with Crippen LogP contribution in [0.3, 0.4) is 0 Å². The van der Waals surface area contributed by atoms with Crippen LogP contribution in [-0.2, 0) is 0 Å². The maximum absolute atomic E-state index is 6.50. The fourth-order valence-electron chi connectivity index (χ4n) is 6.15. The largest absolute Gasteiger partial charge is 0.450 e. The van der Waals surface area contributed by atoms with Gasteiger partial charge in [-0.3, -0.25) is 9.13 Å². The van der Waals surface area contributed by atoms with Crippen LogP contribution in [0.1, 0.15) is 0 Å². The van der Waals surface area contributed by atoms with Crippen molar-refractivity contribution in [3.8, 4) is 11.6 Å². The Balaban J connectivity index is 1.34. The van der Waals surface area contributed by atoms with Gasteiger partial charge in [-0.25, -0.2) is 9.97 Å². The van der Waals surface area contributed by atoms with E-state index in [1.165, 1.54) is 21.5 Å². The minimum absolute atomic E-state index is 0.728. The second-order valence-electron chi connectivity index (χ2n) is 9.87. The van der Waals surface area contributed by atoms with Crippen molar-refractivity contribution in [3.05, 3.63) is 121 Å². The van der Waals surface area contributed by atoms with Gasteiger partial charge in [-0.05, 0) is 42.5 Å². The Morgan fingerprint density at radius 1 is 0.487 bits per heavy atom. The zero-order valence-corrected chi connectivity index (χ0v) is 20.7. The molecule has 0 aliphatic heterocycles. The molecule has 0 aliphatic carbocycles. The van der Waals surface area contributed by atoms with Crippen molar-refractivity contribution in [1.82, 2.24) is 19.1 Å². The summed E-state index contributed by atoms with van der Waals surface area (Å²) in [4.78, 5) is 10.0. The third-order valence-electron chi connectivity index (χ3n) is 7.80. The molecule has 0 atom stereocenters. The van der Waals surface area contributed by atoms with E-state index in [1.54, 1.807) is 0 Å². The number of para-hydroxylation sites is 4. The molecule has 39 heavy (non-hydrogen) atoms. The smallest absolute Gasteiger partial charge is 0.181 e. The molecule has 5 aromatic heterocycles. The van der Waals surface area contributed by atoms with Gasteiger partial charge in [0.05, 0.1) is 27.5 Å². The molecule has 0 amide bonds. The molecule has 0 saturated heterocycles. The van der Waals surface area contributed by atoms with Gasteiger partial charge in [-0.1, -0.05) is 72.8 Å². The Hall–Kier alpha value is -5.42. The second kappa shape index (κ2) is 7.55. The maximum Gasteiger partial charge on any atom is 0.181 e. The molecule has 9 rings (SSSR count). The third kappa shape index (κ3) is 2.73. The van der Waals surface area contributed by atoms with Gasteiger partial charge in [-0.2, -0.15) is 0 Å². The van der Waals surface area contributed by atoms with Crippen LogP contribution in [0, 0.1) is 0 Å². The van der Waals surface area contributed by atoms with E-state index in [4.69, 9.17) is 14.4 Å². The van der Waals surface area contributed by atoms with E-state index in [9.17, 15) is 0 Å². The zero-order valence-electron chi connectivity index (χ0n) is 20.7. The standard InChI is InChI=1S/C34H20N4O/c1-5-13-26-21(9-1)22-10-2-6-14-27(22)37(26)31-18-17-30-32(36-31)25-19-20-35-34(33(25)39-30)38-28-15-7-3-11-23(28)24-12-4-8-16-29(24)38/h1-20H. The Labute approximate surface area is 222 Å². The predicted octanol–water partition coefficient (Wildman–Crippen LogP) is 8.57. The minimum atomic E-state index is 0.728. The lowest BCUT2D eigenvalue weighted by Crippen LogP contribution is -1.98. The average molecular weight is 501 g/mol. The summed E-state index contributed by atoms with van der Waals surface area (Å²) in [6.07, 6.45) is 1.85. The first kappa shape index (κ1) is 20.6. The first-order valence-electron chi connectivity index (χ1n) is 13.0. The number of aromatic nitrogens is 4. The van der Waals surface area contributed by atoms with Gasteiger partial charge in [0.25, 0.3) is 0 Å². The van der Waals surface area contributed by atoms with Crippen LogP contribution in [0.5, 0.6) is 0 Å². The molecule has 0 unspecified atom stereocenters. The van der Waals surface area contributed by atoms with Crippen molar-refractivity contribution >= 4 is 65.7 Å². The van der Waals surface area contributed by atoms with Gasteiger partial charge in [0.2, 0.25) is 0 Å². The normalized spacial score (nSPS) is 12.1. The van der Waals surface area contributed by atoms with Crippen LogP contribution in [-0.4, -0.2) is 19.1 Å². The highest BCUT2D eigenvalue weighted by atomic mass is 16.3. The SMILES string of the molecule is c1ccc2c(c1)c1ccccc1n2-c1ccc2oc3c(-n4c5ccccc5c5ccccc54)nccc3c2n1. The van der Waals surface area contributed by atoms with E-state index in [0.717, 1.165) is 55.8 Å². The monoisotopic (exact) mass is 500 g/mol. The zero-order chi connectivity index (χ0) is 25.5. The second-order valence-corrected chi connectivity index (χ2v) is 9.87. The first-order chi connectivity index (χ1) is 19.4. The Morgan fingerprint density at radius 3 is 1.56 bits per heavy atom. The molecule has 0 N–H and O–H groups in total. The Morgan fingerprint density at radius 2 is 1.00 bits per heavy atom. The third-order valence-corrected chi connectivity index (χ3v) is 7.80. The predicted molar refractivity (Wildman–Crippen MR) is 158 cm³/mol. The minimum Gasteiger partial charge on any atom is -0.450 e. The van der Waals surface area contributed by atoms with Crippen molar-refractivity contribution < 1.29 is 4.42 Å². The molecule has 5 heteroatoms. The molecule has 9 aromatic rings. The van der Waals surface area contributed by atoms with Crippen LogP contribution >= 0.6 is 0 Å². The summed E-state index contributed by atoms with van der Waals surface area (Å²) in [7, 11) is 0. The van der Waals surface area contributed by atoms with Crippen LogP contribution in [0.15, 0.2) is 126 Å². The first-order valence-corrected chi connectivity index (χ1v) is 13.0. The van der Waals surface area contributed by atoms with Crippen LogP contribution in [0.4, 0.5) is 0 Å². The summed E-state index contributed by atoms with van der Waals surface area (Å²) in [6, 6.07) is 39.9. The van der Waals surface area contributed by atoms with E-state index in [0.29, 0.717) is 0 Å². The number of rotatable bonds is 2. The van der Waals surface area contributed by atoms with Crippen molar-refractivity contribution in [1.29, 1.82) is 0 Å². The molecule has 0 bridgehead atoms. The molecule has 0 aliphatic rings. The Kier molecular flexibility index (Phi) is 3.99. The Bertz CT molecular complexity index is 2300. The van der Waals surface area contributed by atoms with Gasteiger partial charge in [0.15, 0.2) is 17.0 Å². The molecule has 5 heterocycles. The van der Waals surface area contributed by atoms with E-state index >= 15 is 0 Å². The lowest BCUT2D eigenvalue weighted by molar-refractivity contribution is 0.662. The maximum atomic E-state index is 6.50. The van der Waals surface area contributed by atoms with Crippen LogP contribution < -0.4 is 0 Å². The quantitative estimate of drug-likeness (QED) is 0.239. The van der Waals surface area contributed by atoms with E-state index in [1.807, 2.05) is 24.4 Å². The topological polar surface area (TPSA) is 48.8 Å². The fourth-order valence-corrected chi connectivity index (χ4v) is 6.15. The lowest BCUT2D eigenvalue weighted by atomic mass is 10.2. The van der Waals surface area contributed by atoms with Crippen molar-refractivity contribution in [3.63, 3.8) is 0 Å². The van der Waals surface area contributed by atoms with Gasteiger partial charge < -0.3 is 4.42 Å². The molecule has 0 spiro atoms. The van der Waals surface area contributed by atoms with Crippen molar-refractivity contribution in [2.45, 2.75) is 0 Å². The highest BCUT2D eigenvalue weighted by molar-refractivity contribution is 6.12. The summed E-state index contributed by atoms with van der Waals surface area (Å²) >= 11 is 0. The number of fused-ring (bicyclic) bond motifs is 9. The lowest BCUT2D eigenvalue weighted by Gasteiger charge is -2.07. The molecule has 182 valence electrons. The van der Waals surface area contributed by atoms with Gasteiger partial charge in [0.1, 0.15) is 11.3 Å². The molecular formula is C34H20N4O. The highest BCUT2D eigenvalue weighted by Crippen LogP contribution is 2.37. The van der Waals surface area contributed by atoms with Crippen LogP contribution in [0.25, 0.3) is 77.3 Å². The average Bonchev–Trinajstić information content (AvgIpc) is 3.65.